The molecule has 0 aliphatic heterocycles. The lowest BCUT2D eigenvalue weighted by Gasteiger charge is -2.16. The Bertz CT molecular complexity index is 663. The molecule has 0 radical (unpaired) electrons. The molecule has 0 aliphatic carbocycles. The van der Waals surface area contributed by atoms with Crippen LogP contribution in [0.2, 0.25) is 0 Å². The Labute approximate surface area is 194 Å². The summed E-state index contributed by atoms with van der Waals surface area (Å²) in [6.07, 6.45) is 21.6. The van der Waals surface area contributed by atoms with Gasteiger partial charge in [-0.3, -0.25) is 0 Å². The first kappa shape index (κ1) is 29.4. The Morgan fingerprint density at radius 1 is 0.645 bits per heavy atom. The van der Waals surface area contributed by atoms with Gasteiger partial charge in [0.15, 0.2) is 0 Å². The van der Waals surface area contributed by atoms with Crippen LogP contribution in [0.1, 0.15) is 106 Å². The molecule has 176 valence electrons. The van der Waals surface area contributed by atoms with Gasteiger partial charge in [0.2, 0.25) is 0 Å². The number of hydrogen-bond donors (Lipinski definition) is 1. The lowest BCUT2D eigenvalue weighted by molar-refractivity contribution is 0.341. The van der Waals surface area contributed by atoms with E-state index in [1.807, 2.05) is 6.08 Å². The summed E-state index contributed by atoms with van der Waals surface area (Å²) in [5, 5.41) is 8.94. The molecule has 0 aromatic heterocycles. The van der Waals surface area contributed by atoms with E-state index in [0.29, 0.717) is 5.92 Å². The maximum Gasteiger partial charge on any atom is 0.0614 e. The summed E-state index contributed by atoms with van der Waals surface area (Å²) in [4.78, 5) is 0. The predicted molar refractivity (Wildman–Crippen MR) is 141 cm³/mol. The Morgan fingerprint density at radius 2 is 1.10 bits per heavy atom. The molecule has 0 rings (SSSR count). The van der Waals surface area contributed by atoms with Crippen LogP contribution in [-0.4, -0.2) is 11.7 Å². The molecule has 1 heteroatoms. The highest BCUT2D eigenvalue weighted by molar-refractivity contribution is 5.09. The van der Waals surface area contributed by atoms with E-state index in [-0.39, 0.29) is 6.61 Å². The quantitative estimate of drug-likeness (QED) is 0.244. The van der Waals surface area contributed by atoms with Gasteiger partial charge in [-0.05, 0) is 112 Å². The first-order chi connectivity index (χ1) is 14.6. The van der Waals surface area contributed by atoms with Gasteiger partial charge in [-0.2, -0.15) is 0 Å². The SMILES string of the molecule is C=C(C)[C@@H](C/C=C(\C)CC/C=C(\C)CCC=C(C)C)CC/C(C)=C/CC/C(C)=C/CO. The van der Waals surface area contributed by atoms with Crippen LogP contribution in [-0.2, 0) is 0 Å². The minimum Gasteiger partial charge on any atom is -0.392 e. The first-order valence-electron chi connectivity index (χ1n) is 12.2. The zero-order chi connectivity index (χ0) is 23.6. The Morgan fingerprint density at radius 3 is 1.58 bits per heavy atom. The summed E-state index contributed by atoms with van der Waals surface area (Å²) in [6.45, 7) is 19.8. The third-order valence-electron chi connectivity index (χ3n) is 5.93. The minimum atomic E-state index is 0.147. The van der Waals surface area contributed by atoms with Crippen LogP contribution in [0, 0.1) is 5.92 Å². The number of aliphatic hydroxyl groups excluding tert-OH is 1. The molecule has 0 spiro atoms. The maximum absolute atomic E-state index is 8.94. The molecule has 0 heterocycles. The van der Waals surface area contributed by atoms with E-state index in [1.54, 1.807) is 0 Å². The van der Waals surface area contributed by atoms with Gasteiger partial charge < -0.3 is 5.11 Å². The lowest BCUT2D eigenvalue weighted by atomic mass is 9.90. The molecule has 0 saturated carbocycles. The summed E-state index contributed by atoms with van der Waals surface area (Å²) in [5.41, 5.74) is 8.46. The minimum absolute atomic E-state index is 0.147. The van der Waals surface area contributed by atoms with Gasteiger partial charge in [-0.1, -0.05) is 70.4 Å². The number of hydrogen-bond acceptors (Lipinski definition) is 1. The number of aliphatic hydroxyl groups is 1. The molecule has 0 bridgehead atoms. The van der Waals surface area contributed by atoms with Crippen molar-refractivity contribution in [3.8, 4) is 0 Å². The smallest absolute Gasteiger partial charge is 0.0614 e. The zero-order valence-corrected chi connectivity index (χ0v) is 21.7. The Balaban J connectivity index is 4.44. The van der Waals surface area contributed by atoms with Crippen molar-refractivity contribution in [2.24, 2.45) is 5.92 Å². The second-order valence-corrected chi connectivity index (χ2v) is 9.60. The average molecular weight is 427 g/mol. The van der Waals surface area contributed by atoms with Gasteiger partial charge in [0.1, 0.15) is 0 Å². The van der Waals surface area contributed by atoms with Crippen molar-refractivity contribution in [3.05, 3.63) is 70.4 Å². The molecular weight excluding hydrogens is 376 g/mol. The summed E-state index contributed by atoms with van der Waals surface area (Å²) in [5.74, 6) is 0.565. The number of rotatable bonds is 16. The van der Waals surface area contributed by atoms with E-state index in [4.69, 9.17) is 5.11 Å². The molecule has 31 heavy (non-hydrogen) atoms. The molecule has 1 nitrogen and oxygen atoms in total. The van der Waals surface area contributed by atoms with Gasteiger partial charge >= 0.3 is 0 Å². The van der Waals surface area contributed by atoms with Gasteiger partial charge in [0.05, 0.1) is 6.61 Å². The Hall–Kier alpha value is -1.60. The van der Waals surface area contributed by atoms with Crippen LogP contribution in [0.15, 0.2) is 70.4 Å². The van der Waals surface area contributed by atoms with Gasteiger partial charge in [-0.25, -0.2) is 0 Å². The fraction of sp³-hybridized carbons (Fsp3) is 0.600. The first-order valence-corrected chi connectivity index (χ1v) is 12.2. The van der Waals surface area contributed by atoms with Crippen LogP contribution in [0.3, 0.4) is 0 Å². The summed E-state index contributed by atoms with van der Waals surface area (Å²) < 4.78 is 0. The maximum atomic E-state index is 8.94. The largest absolute Gasteiger partial charge is 0.392 e. The fourth-order valence-corrected chi connectivity index (χ4v) is 3.56. The molecule has 0 fully saturated rings. The van der Waals surface area contributed by atoms with Crippen LogP contribution >= 0.6 is 0 Å². The zero-order valence-electron chi connectivity index (χ0n) is 21.7. The van der Waals surface area contributed by atoms with E-state index in [2.05, 4.69) is 79.3 Å². The van der Waals surface area contributed by atoms with E-state index >= 15 is 0 Å². The molecule has 0 aromatic carbocycles. The van der Waals surface area contributed by atoms with Crippen molar-refractivity contribution in [2.75, 3.05) is 6.61 Å². The van der Waals surface area contributed by atoms with Crippen molar-refractivity contribution in [1.29, 1.82) is 0 Å². The predicted octanol–water partition coefficient (Wildman–Crippen LogP) is 9.43. The van der Waals surface area contributed by atoms with Crippen LogP contribution in [0.4, 0.5) is 0 Å². The second-order valence-electron chi connectivity index (χ2n) is 9.60. The second kappa shape index (κ2) is 18.0. The van der Waals surface area contributed by atoms with E-state index in [9.17, 15) is 0 Å². The highest BCUT2D eigenvalue weighted by Gasteiger charge is 2.08. The highest BCUT2D eigenvalue weighted by Crippen LogP contribution is 2.24. The summed E-state index contributed by atoms with van der Waals surface area (Å²) in [7, 11) is 0. The molecular formula is C30H50O. The van der Waals surface area contributed by atoms with Crippen molar-refractivity contribution in [2.45, 2.75) is 106 Å². The lowest BCUT2D eigenvalue weighted by Crippen LogP contribution is -2.01. The summed E-state index contributed by atoms with van der Waals surface area (Å²) >= 11 is 0. The summed E-state index contributed by atoms with van der Waals surface area (Å²) in [6, 6.07) is 0. The monoisotopic (exact) mass is 426 g/mol. The standard InChI is InChI=1S/C30H50O/c1-24(2)12-9-13-26(5)14-10-15-27(6)18-20-30(25(3)4)21-19-28(7)16-11-17-29(8)22-23-31/h12,14,16,18,22,30-31H,3,9-11,13,15,17,19-21,23H2,1-2,4-8H3/b26-14+,27-18+,28-16+,29-22+/t30-/m0/s1. The van der Waals surface area contributed by atoms with Gasteiger partial charge in [-0.15, -0.1) is 0 Å². The third-order valence-corrected chi connectivity index (χ3v) is 5.93. The molecule has 0 saturated heterocycles. The highest BCUT2D eigenvalue weighted by atomic mass is 16.2. The average Bonchev–Trinajstić information content (AvgIpc) is 2.67. The van der Waals surface area contributed by atoms with Crippen molar-refractivity contribution in [3.63, 3.8) is 0 Å². The normalized spacial score (nSPS) is 14.6. The molecule has 0 aromatic rings. The molecule has 0 aliphatic rings. The van der Waals surface area contributed by atoms with E-state index < -0.39 is 0 Å². The van der Waals surface area contributed by atoms with Crippen molar-refractivity contribution < 1.29 is 5.11 Å². The van der Waals surface area contributed by atoms with Crippen molar-refractivity contribution >= 4 is 0 Å². The molecule has 1 atom stereocenters. The van der Waals surface area contributed by atoms with Crippen LogP contribution < -0.4 is 0 Å². The van der Waals surface area contributed by atoms with E-state index in [1.165, 1.54) is 46.3 Å². The van der Waals surface area contributed by atoms with Crippen molar-refractivity contribution in [1.82, 2.24) is 0 Å². The Kier molecular flexibility index (Phi) is 17.1. The molecule has 0 amide bonds. The molecule has 0 unspecified atom stereocenters. The van der Waals surface area contributed by atoms with Crippen LogP contribution in [0.25, 0.3) is 0 Å². The van der Waals surface area contributed by atoms with Gasteiger partial charge in [0.25, 0.3) is 0 Å². The van der Waals surface area contributed by atoms with Crippen LogP contribution in [0.5, 0.6) is 0 Å². The fourth-order valence-electron chi connectivity index (χ4n) is 3.56. The third kappa shape index (κ3) is 17.7. The number of allylic oxidation sites excluding steroid dienone is 10. The topological polar surface area (TPSA) is 20.2 Å². The van der Waals surface area contributed by atoms with Gasteiger partial charge in [0, 0.05) is 0 Å². The molecule has 1 N–H and O–H groups in total. The van der Waals surface area contributed by atoms with E-state index in [0.717, 1.165) is 44.9 Å².